The number of carbonyl (C=O) groups is 1. The van der Waals surface area contributed by atoms with Gasteiger partial charge in [-0.3, -0.25) is 4.79 Å². The predicted molar refractivity (Wildman–Crippen MR) is 59.7 cm³/mol. The van der Waals surface area contributed by atoms with Crippen LogP contribution in [0.25, 0.3) is 0 Å². The molecule has 1 aliphatic carbocycles. The molecule has 0 bridgehead atoms. The number of carboxylic acids is 1. The minimum atomic E-state index is -0.890. The summed E-state index contributed by atoms with van der Waals surface area (Å²) in [5.41, 5.74) is 5.75. The number of nitrogens with zero attached hydrogens (tertiary/aromatic N) is 1. The lowest BCUT2D eigenvalue weighted by Crippen LogP contribution is -2.53. The maximum Gasteiger partial charge on any atom is 0.322 e. The summed E-state index contributed by atoms with van der Waals surface area (Å²) in [5.74, 6) is -0.445. The van der Waals surface area contributed by atoms with Gasteiger partial charge in [0.25, 0.3) is 0 Å². The van der Waals surface area contributed by atoms with Crippen molar-refractivity contribution in [2.24, 2.45) is 11.7 Å². The third-order valence-electron chi connectivity index (χ3n) is 3.38. The second-order valence-electron chi connectivity index (χ2n) is 4.72. The Labute approximate surface area is 91.4 Å². The topological polar surface area (TPSA) is 66.6 Å². The van der Waals surface area contributed by atoms with Crippen LogP contribution in [0.15, 0.2) is 0 Å². The van der Waals surface area contributed by atoms with Crippen LogP contribution in [0.3, 0.4) is 0 Å². The Kier molecular flexibility index (Phi) is 4.54. The maximum atomic E-state index is 10.9. The SMILES string of the molecule is CN(C)C(C1CCCCC1)C(N)C(=O)O. The van der Waals surface area contributed by atoms with Crippen molar-refractivity contribution in [3.8, 4) is 0 Å². The van der Waals surface area contributed by atoms with E-state index in [1.54, 1.807) is 0 Å². The van der Waals surface area contributed by atoms with Crippen LogP contribution in [0.1, 0.15) is 32.1 Å². The van der Waals surface area contributed by atoms with Gasteiger partial charge in [-0.05, 0) is 32.9 Å². The first-order chi connectivity index (χ1) is 7.04. The standard InChI is InChI=1S/C11H22N2O2/c1-13(2)10(9(12)11(14)15)8-6-4-3-5-7-8/h8-10H,3-7,12H2,1-2H3,(H,14,15). The van der Waals surface area contributed by atoms with Crippen LogP contribution in [0, 0.1) is 5.92 Å². The average Bonchev–Trinajstić information content (AvgIpc) is 2.18. The van der Waals surface area contributed by atoms with E-state index in [4.69, 9.17) is 10.8 Å². The van der Waals surface area contributed by atoms with Gasteiger partial charge in [-0.15, -0.1) is 0 Å². The van der Waals surface area contributed by atoms with E-state index in [0.29, 0.717) is 5.92 Å². The molecule has 4 heteroatoms. The fourth-order valence-corrected chi connectivity index (χ4v) is 2.66. The molecule has 1 aliphatic rings. The third kappa shape index (κ3) is 3.18. The number of rotatable bonds is 4. The first-order valence-electron chi connectivity index (χ1n) is 5.69. The van der Waals surface area contributed by atoms with Crippen LogP contribution in [-0.2, 0) is 4.79 Å². The highest BCUT2D eigenvalue weighted by atomic mass is 16.4. The summed E-state index contributed by atoms with van der Waals surface area (Å²) in [6.45, 7) is 0. The summed E-state index contributed by atoms with van der Waals surface area (Å²) >= 11 is 0. The van der Waals surface area contributed by atoms with Crippen molar-refractivity contribution >= 4 is 5.97 Å². The number of hydrogen-bond donors (Lipinski definition) is 2. The van der Waals surface area contributed by atoms with Gasteiger partial charge < -0.3 is 15.7 Å². The van der Waals surface area contributed by atoms with Gasteiger partial charge in [-0.25, -0.2) is 0 Å². The Hall–Kier alpha value is -0.610. The minimum Gasteiger partial charge on any atom is -0.480 e. The molecule has 0 aromatic heterocycles. The predicted octanol–water partition coefficient (Wildman–Crippen LogP) is 0.909. The molecule has 0 aromatic rings. The van der Waals surface area contributed by atoms with E-state index in [2.05, 4.69) is 0 Å². The van der Waals surface area contributed by atoms with Gasteiger partial charge in [0.05, 0.1) is 0 Å². The quantitative estimate of drug-likeness (QED) is 0.730. The smallest absolute Gasteiger partial charge is 0.322 e. The normalized spacial score (nSPS) is 22.7. The number of likely N-dealkylation sites (N-methyl/N-ethyl adjacent to an activating group) is 1. The number of nitrogens with two attached hydrogens (primary N) is 1. The Morgan fingerprint density at radius 2 is 1.87 bits per heavy atom. The van der Waals surface area contributed by atoms with Gasteiger partial charge in [-0.1, -0.05) is 19.3 Å². The van der Waals surface area contributed by atoms with Crippen molar-refractivity contribution in [1.82, 2.24) is 4.90 Å². The molecule has 2 unspecified atom stereocenters. The third-order valence-corrected chi connectivity index (χ3v) is 3.38. The molecule has 4 nitrogen and oxygen atoms in total. The van der Waals surface area contributed by atoms with Crippen molar-refractivity contribution in [3.05, 3.63) is 0 Å². The molecule has 0 aromatic carbocycles. The van der Waals surface area contributed by atoms with Crippen molar-refractivity contribution < 1.29 is 9.90 Å². The van der Waals surface area contributed by atoms with Crippen LogP contribution in [-0.4, -0.2) is 42.2 Å². The average molecular weight is 214 g/mol. The van der Waals surface area contributed by atoms with Crippen molar-refractivity contribution in [2.45, 2.75) is 44.2 Å². The van der Waals surface area contributed by atoms with Crippen molar-refractivity contribution in [2.75, 3.05) is 14.1 Å². The Bertz CT molecular complexity index is 213. The van der Waals surface area contributed by atoms with Crippen molar-refractivity contribution in [1.29, 1.82) is 0 Å². The lowest BCUT2D eigenvalue weighted by Gasteiger charge is -2.36. The molecule has 3 N–H and O–H groups in total. The van der Waals surface area contributed by atoms with Gasteiger partial charge in [-0.2, -0.15) is 0 Å². The van der Waals surface area contributed by atoms with Gasteiger partial charge in [0, 0.05) is 6.04 Å². The van der Waals surface area contributed by atoms with Crippen LogP contribution in [0.2, 0.25) is 0 Å². The molecule has 1 fully saturated rings. The van der Waals surface area contributed by atoms with Crippen LogP contribution in [0.5, 0.6) is 0 Å². The Morgan fingerprint density at radius 1 is 1.33 bits per heavy atom. The lowest BCUT2D eigenvalue weighted by molar-refractivity contribution is -0.140. The first kappa shape index (κ1) is 12.5. The molecule has 0 saturated heterocycles. The van der Waals surface area contributed by atoms with Gasteiger partial charge >= 0.3 is 5.97 Å². The largest absolute Gasteiger partial charge is 0.480 e. The second-order valence-corrected chi connectivity index (χ2v) is 4.72. The maximum absolute atomic E-state index is 10.9. The number of hydrogen-bond acceptors (Lipinski definition) is 3. The summed E-state index contributed by atoms with van der Waals surface area (Å²) in [7, 11) is 3.84. The molecular weight excluding hydrogens is 192 g/mol. The van der Waals surface area contributed by atoms with E-state index in [1.165, 1.54) is 19.3 Å². The molecule has 1 rings (SSSR count). The number of carboxylic acid groups (broad SMARTS) is 1. The monoisotopic (exact) mass is 214 g/mol. The van der Waals surface area contributed by atoms with E-state index in [0.717, 1.165) is 12.8 Å². The highest BCUT2D eigenvalue weighted by molar-refractivity contribution is 5.74. The fraction of sp³-hybridized carbons (Fsp3) is 0.909. The molecule has 0 heterocycles. The Morgan fingerprint density at radius 3 is 2.27 bits per heavy atom. The molecule has 0 aliphatic heterocycles. The van der Waals surface area contributed by atoms with Crippen LogP contribution < -0.4 is 5.73 Å². The molecule has 0 amide bonds. The summed E-state index contributed by atoms with van der Waals surface area (Å²) < 4.78 is 0. The molecule has 1 saturated carbocycles. The lowest BCUT2D eigenvalue weighted by atomic mass is 9.80. The molecular formula is C11H22N2O2. The molecule has 0 radical (unpaired) electrons. The zero-order chi connectivity index (χ0) is 11.4. The molecule has 2 atom stereocenters. The van der Waals surface area contributed by atoms with E-state index in [9.17, 15) is 4.79 Å². The number of aliphatic carboxylic acids is 1. The summed E-state index contributed by atoms with van der Waals surface area (Å²) in [6.07, 6.45) is 5.93. The molecule has 88 valence electrons. The van der Waals surface area contributed by atoms with Crippen molar-refractivity contribution in [3.63, 3.8) is 0 Å². The Balaban J connectivity index is 2.67. The van der Waals surface area contributed by atoms with E-state index >= 15 is 0 Å². The second kappa shape index (κ2) is 5.47. The highest BCUT2D eigenvalue weighted by Gasteiger charge is 2.33. The van der Waals surface area contributed by atoms with Gasteiger partial charge in [0.15, 0.2) is 0 Å². The summed E-state index contributed by atoms with van der Waals surface area (Å²) in [4.78, 5) is 12.9. The van der Waals surface area contributed by atoms with Crippen LogP contribution in [0.4, 0.5) is 0 Å². The van der Waals surface area contributed by atoms with E-state index in [1.807, 2.05) is 19.0 Å². The van der Waals surface area contributed by atoms with Crippen LogP contribution >= 0.6 is 0 Å². The zero-order valence-corrected chi connectivity index (χ0v) is 9.65. The van der Waals surface area contributed by atoms with E-state index in [-0.39, 0.29) is 6.04 Å². The minimum absolute atomic E-state index is 0.0252. The zero-order valence-electron chi connectivity index (χ0n) is 9.65. The first-order valence-corrected chi connectivity index (χ1v) is 5.69. The summed E-state index contributed by atoms with van der Waals surface area (Å²) in [5, 5.41) is 8.98. The van der Waals surface area contributed by atoms with E-state index < -0.39 is 12.0 Å². The van der Waals surface area contributed by atoms with Gasteiger partial charge in [0.2, 0.25) is 0 Å². The fourth-order valence-electron chi connectivity index (χ4n) is 2.66. The molecule has 15 heavy (non-hydrogen) atoms. The van der Waals surface area contributed by atoms with Gasteiger partial charge in [0.1, 0.15) is 6.04 Å². The molecule has 0 spiro atoms. The summed E-state index contributed by atoms with van der Waals surface area (Å²) in [6, 6.07) is -0.786. The highest BCUT2D eigenvalue weighted by Crippen LogP contribution is 2.29.